The Morgan fingerprint density at radius 1 is 0.413 bits per heavy atom. The van der Waals surface area contributed by atoms with E-state index >= 15 is 0 Å². The summed E-state index contributed by atoms with van der Waals surface area (Å²) in [5.41, 5.74) is 22.2. The van der Waals surface area contributed by atoms with Gasteiger partial charge in [-0.25, -0.2) is 0 Å². The van der Waals surface area contributed by atoms with E-state index in [-0.39, 0.29) is 0 Å². The van der Waals surface area contributed by atoms with Crippen LogP contribution in [0.1, 0.15) is 39.3 Å². The van der Waals surface area contributed by atoms with Crippen LogP contribution in [0.15, 0.2) is 242 Å². The van der Waals surface area contributed by atoms with E-state index < -0.39 is 5.41 Å². The van der Waals surface area contributed by atoms with E-state index in [9.17, 15) is 0 Å². The normalized spacial score (nSPS) is 16.7. The molecule has 3 aliphatic carbocycles. The van der Waals surface area contributed by atoms with Crippen LogP contribution in [0.25, 0.3) is 50.1 Å². The number of allylic oxidation sites excluding steroid dienone is 3. The zero-order valence-corrected chi connectivity index (χ0v) is 35.3. The number of nitrogens with zero attached hydrogens (tertiary/aromatic N) is 1. The molecule has 0 amide bonds. The Kier molecular flexibility index (Phi) is 8.26. The fourth-order valence-electron chi connectivity index (χ4n) is 11.2. The Labute approximate surface area is 373 Å². The van der Waals surface area contributed by atoms with Crippen molar-refractivity contribution >= 4 is 34.4 Å². The molecule has 0 N–H and O–H groups in total. The summed E-state index contributed by atoms with van der Waals surface area (Å²) in [7, 11) is 0. The van der Waals surface area contributed by atoms with Crippen molar-refractivity contribution in [1.82, 2.24) is 0 Å². The van der Waals surface area contributed by atoms with Gasteiger partial charge in [0.1, 0.15) is 0 Å². The lowest BCUT2D eigenvalue weighted by Gasteiger charge is -2.32. The molecule has 1 aliphatic heterocycles. The first kappa shape index (κ1) is 36.3. The number of rotatable bonds is 6. The molecule has 9 aromatic rings. The minimum Gasteiger partial charge on any atom is -0.309 e. The van der Waals surface area contributed by atoms with Gasteiger partial charge in [0.2, 0.25) is 0 Å². The highest BCUT2D eigenvalue weighted by molar-refractivity contribution is 8.00. The molecule has 0 radical (unpaired) electrons. The van der Waals surface area contributed by atoms with Crippen molar-refractivity contribution in [3.05, 3.63) is 270 Å². The molecule has 2 atom stereocenters. The van der Waals surface area contributed by atoms with Crippen molar-refractivity contribution in [2.24, 2.45) is 0 Å². The molecule has 296 valence electrons. The molecular formula is C61H41NS. The molecule has 2 unspecified atom stereocenters. The molecule has 4 aliphatic rings. The standard InChI is InChI=1S/C61H41NS/c1-3-16-40(17-4-1)41-30-34-45(35-31-41)62(56-36-32-43(38-50(56)42-18-5-2-6-19-42)44-33-37-59-51(39-44)48-22-10-14-29-58(48)63-59)57-28-15-27-55-60(57)49-23-9-13-26-54(49)61(55)52-24-11-7-20-46(52)47-21-8-12-25-53(47)61/h1-39,51,59H. The third kappa shape index (κ3) is 5.45. The lowest BCUT2D eigenvalue weighted by atomic mass is 9.70. The van der Waals surface area contributed by atoms with Crippen LogP contribution in [0.3, 0.4) is 0 Å². The molecule has 1 nitrogen and oxygen atoms in total. The van der Waals surface area contributed by atoms with Crippen LogP contribution < -0.4 is 4.90 Å². The highest BCUT2D eigenvalue weighted by Crippen LogP contribution is 2.65. The second-order valence-electron chi connectivity index (χ2n) is 17.1. The Morgan fingerprint density at radius 3 is 1.71 bits per heavy atom. The van der Waals surface area contributed by atoms with Crippen LogP contribution in [0.2, 0.25) is 0 Å². The van der Waals surface area contributed by atoms with Gasteiger partial charge in [-0.1, -0.05) is 200 Å². The van der Waals surface area contributed by atoms with Crippen LogP contribution in [0.5, 0.6) is 0 Å². The fourth-order valence-corrected chi connectivity index (χ4v) is 12.5. The number of anilines is 3. The van der Waals surface area contributed by atoms with Gasteiger partial charge in [0.05, 0.1) is 16.8 Å². The fraction of sp³-hybridized carbons (Fsp3) is 0.0492. The maximum Gasteiger partial charge on any atom is 0.0726 e. The summed E-state index contributed by atoms with van der Waals surface area (Å²) >= 11 is 1.98. The van der Waals surface area contributed by atoms with Crippen LogP contribution in [0.4, 0.5) is 17.1 Å². The second kappa shape index (κ2) is 14.3. The second-order valence-corrected chi connectivity index (χ2v) is 18.3. The summed E-state index contributed by atoms with van der Waals surface area (Å²) in [6.07, 6.45) is 7.27. The SMILES string of the molecule is C1=CC2Sc3ccccc3C2C=C1c1ccc(N(c2ccc(-c3ccccc3)cc2)c2cccc3c2-c2ccccc2C32c3ccccc3-c3ccccc32)c(-c2ccccc2)c1. The largest absolute Gasteiger partial charge is 0.309 e. The first-order valence-electron chi connectivity index (χ1n) is 22.0. The van der Waals surface area contributed by atoms with Crippen molar-refractivity contribution < 1.29 is 0 Å². The predicted octanol–water partition coefficient (Wildman–Crippen LogP) is 16.0. The third-order valence-electron chi connectivity index (χ3n) is 13.8. The van der Waals surface area contributed by atoms with Crippen LogP contribution >= 0.6 is 11.8 Å². The van der Waals surface area contributed by atoms with Crippen molar-refractivity contribution in [3.8, 4) is 44.5 Å². The molecule has 1 spiro atoms. The van der Waals surface area contributed by atoms with Gasteiger partial charge >= 0.3 is 0 Å². The summed E-state index contributed by atoms with van der Waals surface area (Å²) in [6.45, 7) is 0. The third-order valence-corrected chi connectivity index (χ3v) is 15.2. The van der Waals surface area contributed by atoms with E-state index in [1.807, 2.05) is 11.8 Å². The van der Waals surface area contributed by atoms with E-state index in [2.05, 4.69) is 242 Å². The lowest BCUT2D eigenvalue weighted by molar-refractivity contribution is 0.794. The van der Waals surface area contributed by atoms with Crippen molar-refractivity contribution in [1.29, 1.82) is 0 Å². The van der Waals surface area contributed by atoms with Crippen LogP contribution in [-0.2, 0) is 5.41 Å². The molecule has 0 saturated carbocycles. The Bertz CT molecular complexity index is 3280. The van der Waals surface area contributed by atoms with E-state index in [0.29, 0.717) is 11.2 Å². The Morgan fingerprint density at radius 2 is 0.984 bits per heavy atom. The predicted molar refractivity (Wildman–Crippen MR) is 264 cm³/mol. The highest BCUT2D eigenvalue weighted by atomic mass is 32.2. The van der Waals surface area contributed by atoms with E-state index in [1.165, 1.54) is 88.4 Å². The molecule has 13 rings (SSSR count). The Hall–Kier alpha value is -7.39. The van der Waals surface area contributed by atoms with Crippen LogP contribution in [-0.4, -0.2) is 5.25 Å². The smallest absolute Gasteiger partial charge is 0.0726 e. The summed E-state index contributed by atoms with van der Waals surface area (Å²) in [5.74, 6) is 0.357. The van der Waals surface area contributed by atoms with Crippen molar-refractivity contribution in [2.75, 3.05) is 4.90 Å². The molecular weight excluding hydrogens is 779 g/mol. The molecule has 0 bridgehead atoms. The number of hydrogen-bond acceptors (Lipinski definition) is 2. The molecule has 1 heterocycles. The topological polar surface area (TPSA) is 3.24 Å². The zero-order chi connectivity index (χ0) is 41.5. The summed E-state index contributed by atoms with van der Waals surface area (Å²) in [4.78, 5) is 3.93. The van der Waals surface area contributed by atoms with Gasteiger partial charge in [0.25, 0.3) is 0 Å². The molecule has 63 heavy (non-hydrogen) atoms. The van der Waals surface area contributed by atoms with Gasteiger partial charge in [-0.2, -0.15) is 0 Å². The van der Waals surface area contributed by atoms with Gasteiger partial charge in [-0.15, -0.1) is 11.8 Å². The average molecular weight is 820 g/mol. The van der Waals surface area contributed by atoms with Crippen LogP contribution in [0, 0.1) is 0 Å². The summed E-state index contributed by atoms with van der Waals surface area (Å²) in [6, 6.07) is 81.2. The number of hydrogen-bond donors (Lipinski definition) is 0. The number of benzene rings is 9. The molecule has 0 fully saturated rings. The first-order valence-corrected chi connectivity index (χ1v) is 22.9. The van der Waals surface area contributed by atoms with Gasteiger partial charge in [-0.3, -0.25) is 0 Å². The van der Waals surface area contributed by atoms with Gasteiger partial charge < -0.3 is 4.90 Å². The van der Waals surface area contributed by atoms with Crippen molar-refractivity contribution in [2.45, 2.75) is 21.5 Å². The lowest BCUT2D eigenvalue weighted by Crippen LogP contribution is -2.26. The van der Waals surface area contributed by atoms with Gasteiger partial charge in [-0.05, 0) is 109 Å². The molecule has 9 aromatic carbocycles. The summed E-state index contributed by atoms with van der Waals surface area (Å²) in [5, 5.41) is 0.429. The van der Waals surface area contributed by atoms with Gasteiger partial charge in [0, 0.05) is 32.9 Å². The minimum atomic E-state index is -0.446. The maximum atomic E-state index is 2.53. The molecule has 0 aromatic heterocycles. The minimum absolute atomic E-state index is 0.357. The van der Waals surface area contributed by atoms with E-state index in [1.54, 1.807) is 0 Å². The first-order chi connectivity index (χ1) is 31.3. The monoisotopic (exact) mass is 819 g/mol. The quantitative estimate of drug-likeness (QED) is 0.164. The summed E-state index contributed by atoms with van der Waals surface area (Å²) < 4.78 is 0. The molecule has 2 heteroatoms. The average Bonchev–Trinajstić information content (AvgIpc) is 3.99. The Balaban J connectivity index is 1.06. The highest BCUT2D eigenvalue weighted by Gasteiger charge is 2.52. The maximum absolute atomic E-state index is 2.53. The van der Waals surface area contributed by atoms with E-state index in [4.69, 9.17) is 0 Å². The number of thioether (sulfide) groups is 1. The van der Waals surface area contributed by atoms with E-state index in [0.717, 1.165) is 17.1 Å². The van der Waals surface area contributed by atoms with Gasteiger partial charge in [0.15, 0.2) is 0 Å². The van der Waals surface area contributed by atoms with Crippen molar-refractivity contribution in [3.63, 3.8) is 0 Å². The number of fused-ring (bicyclic) bond motifs is 13. The zero-order valence-electron chi connectivity index (χ0n) is 34.5. The molecule has 0 saturated heterocycles.